The maximum absolute atomic E-state index is 11.3. The highest BCUT2D eigenvalue weighted by Crippen LogP contribution is 2.36. The van der Waals surface area contributed by atoms with Gasteiger partial charge in [-0.1, -0.05) is 0 Å². The van der Waals surface area contributed by atoms with Gasteiger partial charge in [-0.3, -0.25) is 0 Å². The lowest BCUT2D eigenvalue weighted by molar-refractivity contribution is -0.402. The first kappa shape index (κ1) is 42.3. The zero-order chi connectivity index (χ0) is 38.5. The molecule has 0 bridgehead atoms. The zero-order valence-corrected chi connectivity index (χ0v) is 28.6. The first-order valence-corrected chi connectivity index (χ1v) is 17.0. The smallest absolute Gasteiger partial charge is 0.187 e. The SMILES string of the molecule is C[C@@H]1O[C@H](O[C@H]2[C@H](O[C@H]3[C@H](O[C@@H]4[C@@H](O)[C@H](C)O[C@@H](O[C@@H]5[C@@H](O)[C@H](O)O[C@H](CO)[C@@H]5O)[C@@H]4O)O[C@@H](C)[C@H](O)[C@H]3O)O[C@@H](C)[C@H](O)[C@H]2O)[C@H](O)[C@H](O)[C@H]1O. The predicted molar refractivity (Wildman–Crippen MR) is 161 cm³/mol. The minimum absolute atomic E-state index is 0.768. The molecule has 5 saturated heterocycles. The second-order valence-electron chi connectivity index (χ2n) is 13.9. The van der Waals surface area contributed by atoms with Gasteiger partial charge < -0.3 is 109 Å². The molecule has 5 rings (SSSR count). The van der Waals surface area contributed by atoms with E-state index in [1.54, 1.807) is 0 Å². The van der Waals surface area contributed by atoms with Crippen LogP contribution in [0, 0.1) is 0 Å². The van der Waals surface area contributed by atoms with Crippen molar-refractivity contribution in [3.63, 3.8) is 0 Å². The Morgan fingerprint density at radius 2 is 0.712 bits per heavy atom. The Bertz CT molecular complexity index is 1140. The van der Waals surface area contributed by atoms with E-state index in [1.807, 2.05) is 0 Å². The van der Waals surface area contributed by atoms with Gasteiger partial charge in [0.2, 0.25) is 0 Å². The molecule has 52 heavy (non-hydrogen) atoms. The molecule has 0 saturated carbocycles. The first-order valence-electron chi connectivity index (χ1n) is 17.0. The fraction of sp³-hybridized carbons (Fsp3) is 1.00. The van der Waals surface area contributed by atoms with Crippen LogP contribution in [-0.4, -0.2) is 227 Å². The second-order valence-corrected chi connectivity index (χ2v) is 13.9. The van der Waals surface area contributed by atoms with Gasteiger partial charge in [-0.25, -0.2) is 0 Å². The summed E-state index contributed by atoms with van der Waals surface area (Å²) in [5.41, 5.74) is 0. The van der Waals surface area contributed by atoms with Crippen LogP contribution in [0.2, 0.25) is 0 Å². The highest BCUT2D eigenvalue weighted by molar-refractivity contribution is 4.97. The molecule has 13 N–H and O–H groups in total. The molecule has 0 aromatic rings. The van der Waals surface area contributed by atoms with Gasteiger partial charge in [0.1, 0.15) is 97.7 Å². The van der Waals surface area contributed by atoms with Crippen molar-refractivity contribution in [3.8, 4) is 0 Å². The van der Waals surface area contributed by atoms with Crippen LogP contribution in [-0.2, 0) is 42.6 Å². The van der Waals surface area contributed by atoms with E-state index in [2.05, 4.69) is 0 Å². The number of aliphatic hydroxyl groups excluding tert-OH is 13. The van der Waals surface area contributed by atoms with Gasteiger partial charge in [-0.2, -0.15) is 0 Å². The van der Waals surface area contributed by atoms with E-state index in [9.17, 15) is 66.4 Å². The molecule has 5 aliphatic rings. The fourth-order valence-electron chi connectivity index (χ4n) is 6.76. The number of aliphatic hydroxyl groups is 13. The van der Waals surface area contributed by atoms with E-state index in [0.717, 1.165) is 0 Å². The number of hydrogen-bond donors (Lipinski definition) is 13. The van der Waals surface area contributed by atoms with Crippen molar-refractivity contribution in [3.05, 3.63) is 0 Å². The molecule has 5 fully saturated rings. The summed E-state index contributed by atoms with van der Waals surface area (Å²) in [7, 11) is 0. The normalized spacial score (nSPS) is 56.4. The molecule has 0 amide bonds. The molecule has 5 aliphatic heterocycles. The summed E-state index contributed by atoms with van der Waals surface area (Å²) in [6, 6.07) is 0. The summed E-state index contributed by atoms with van der Waals surface area (Å²) in [6.45, 7) is 4.73. The molecule has 5 heterocycles. The lowest BCUT2D eigenvalue weighted by atomic mass is 9.96. The van der Waals surface area contributed by atoms with Gasteiger partial charge in [-0.05, 0) is 27.7 Å². The topological polar surface area (TPSA) is 346 Å². The van der Waals surface area contributed by atoms with Crippen LogP contribution in [0.3, 0.4) is 0 Å². The number of ether oxygens (including phenoxy) is 9. The van der Waals surface area contributed by atoms with Gasteiger partial charge in [0.15, 0.2) is 31.5 Å². The van der Waals surface area contributed by atoms with Crippen LogP contribution >= 0.6 is 0 Å². The third-order valence-corrected chi connectivity index (χ3v) is 10.2. The summed E-state index contributed by atoms with van der Waals surface area (Å²) in [6.07, 6.45) is -40.7. The van der Waals surface area contributed by atoms with Crippen molar-refractivity contribution in [2.75, 3.05) is 6.61 Å². The van der Waals surface area contributed by atoms with Gasteiger partial charge in [0.05, 0.1) is 31.0 Å². The average Bonchev–Trinajstić information content (AvgIpc) is 3.10. The Morgan fingerprint density at radius 3 is 1.21 bits per heavy atom. The average molecular weight is 765 g/mol. The molecule has 0 aromatic carbocycles. The van der Waals surface area contributed by atoms with Crippen LogP contribution in [0.5, 0.6) is 0 Å². The molecular formula is C30H52O22. The summed E-state index contributed by atoms with van der Waals surface area (Å²) in [5.74, 6) is 0. The lowest BCUT2D eigenvalue weighted by Gasteiger charge is -2.49. The van der Waals surface area contributed by atoms with Crippen molar-refractivity contribution in [1.29, 1.82) is 0 Å². The largest absolute Gasteiger partial charge is 0.394 e. The third-order valence-electron chi connectivity index (χ3n) is 10.2. The van der Waals surface area contributed by atoms with Crippen molar-refractivity contribution in [2.24, 2.45) is 0 Å². The molecule has 304 valence electrons. The Balaban J connectivity index is 1.37. The number of hydrogen-bond acceptors (Lipinski definition) is 22. The zero-order valence-electron chi connectivity index (χ0n) is 28.6. The van der Waals surface area contributed by atoms with E-state index in [4.69, 9.17) is 42.6 Å². The monoisotopic (exact) mass is 764 g/mol. The standard InChI is InChI=1S/C30H52O22/c1-6-11(32)16(37)19(40)27(44-6)51-24-17(38)12(33)8(3)47-30(24)52-25-18(39)13(34)7(2)46-29(25)50-22-14(35)9(4)45-28(21(22)42)49-23-15(36)10(5-31)48-26(43)20(23)41/h6-43H,5H2,1-4H3/t6-,7-,8-,9-,10+,11-,12-,13-,14-,15-,16+,17+,18+,19+,20+,21+,22+,23-,24+,25+,26+,27+,28-,29-,30-/m0/s1. The third kappa shape index (κ3) is 8.29. The van der Waals surface area contributed by atoms with Crippen LogP contribution in [0.25, 0.3) is 0 Å². The fourth-order valence-corrected chi connectivity index (χ4v) is 6.76. The maximum Gasteiger partial charge on any atom is 0.187 e. The molecular weight excluding hydrogens is 712 g/mol. The van der Waals surface area contributed by atoms with E-state index >= 15 is 0 Å². The van der Waals surface area contributed by atoms with Crippen LogP contribution in [0.1, 0.15) is 27.7 Å². The molecule has 22 nitrogen and oxygen atoms in total. The van der Waals surface area contributed by atoms with E-state index < -0.39 is 160 Å². The van der Waals surface area contributed by atoms with E-state index in [-0.39, 0.29) is 0 Å². The van der Waals surface area contributed by atoms with Gasteiger partial charge >= 0.3 is 0 Å². The summed E-state index contributed by atoms with van der Waals surface area (Å²) < 4.78 is 50.9. The van der Waals surface area contributed by atoms with Gasteiger partial charge in [-0.15, -0.1) is 0 Å². The quantitative estimate of drug-likeness (QED) is 0.104. The summed E-state index contributed by atoms with van der Waals surface area (Å²) >= 11 is 0. The number of rotatable bonds is 9. The predicted octanol–water partition coefficient (Wildman–Crippen LogP) is -7.81. The molecule has 22 heteroatoms. The van der Waals surface area contributed by atoms with E-state index in [0.29, 0.717) is 0 Å². The first-order chi connectivity index (χ1) is 24.4. The molecule has 0 spiro atoms. The molecule has 25 atom stereocenters. The van der Waals surface area contributed by atoms with Crippen LogP contribution in [0.15, 0.2) is 0 Å². The van der Waals surface area contributed by atoms with Crippen molar-refractivity contribution in [1.82, 2.24) is 0 Å². The minimum atomic E-state index is -1.94. The Labute approximate surface area is 297 Å². The van der Waals surface area contributed by atoms with Crippen molar-refractivity contribution in [2.45, 2.75) is 181 Å². The minimum Gasteiger partial charge on any atom is -0.394 e. The highest BCUT2D eigenvalue weighted by atomic mass is 16.8. The second kappa shape index (κ2) is 17.1. The molecule has 0 radical (unpaired) electrons. The van der Waals surface area contributed by atoms with Crippen LogP contribution in [0.4, 0.5) is 0 Å². The van der Waals surface area contributed by atoms with Gasteiger partial charge in [0, 0.05) is 0 Å². The van der Waals surface area contributed by atoms with Crippen molar-refractivity contribution >= 4 is 0 Å². The van der Waals surface area contributed by atoms with Gasteiger partial charge in [0.25, 0.3) is 0 Å². The summed E-state index contributed by atoms with van der Waals surface area (Å²) in [5, 5.41) is 137. The maximum atomic E-state index is 11.3. The van der Waals surface area contributed by atoms with Crippen molar-refractivity contribution < 1.29 is 109 Å². The van der Waals surface area contributed by atoms with Crippen LogP contribution < -0.4 is 0 Å². The molecule has 0 unspecified atom stereocenters. The Morgan fingerprint density at radius 1 is 0.346 bits per heavy atom. The molecule has 0 aromatic heterocycles. The lowest BCUT2D eigenvalue weighted by Crippen LogP contribution is -2.67. The Kier molecular flexibility index (Phi) is 13.9. The van der Waals surface area contributed by atoms with E-state index in [1.165, 1.54) is 27.7 Å². The molecule has 0 aliphatic carbocycles. The summed E-state index contributed by atoms with van der Waals surface area (Å²) in [4.78, 5) is 0. The highest BCUT2D eigenvalue weighted by Gasteiger charge is 2.56. The Hall–Kier alpha value is -0.880.